The molecule has 1 heterocycles. The van der Waals surface area contributed by atoms with Crippen LogP contribution < -0.4 is 10.6 Å². The van der Waals surface area contributed by atoms with Crippen molar-refractivity contribution in [3.63, 3.8) is 0 Å². The lowest BCUT2D eigenvalue weighted by atomic mass is 9.97. The highest BCUT2D eigenvalue weighted by Crippen LogP contribution is 2.24. The number of rotatable bonds is 7. The minimum Gasteiger partial charge on any atom is -0.350 e. The minimum atomic E-state index is -3.45. The summed E-state index contributed by atoms with van der Waals surface area (Å²) in [6, 6.07) is 14.1. The van der Waals surface area contributed by atoms with Crippen LogP contribution in [0.1, 0.15) is 42.6 Å². The summed E-state index contributed by atoms with van der Waals surface area (Å²) in [6.45, 7) is 4.34. The van der Waals surface area contributed by atoms with Crippen LogP contribution in [-0.4, -0.2) is 43.7 Å². The van der Waals surface area contributed by atoms with Crippen LogP contribution in [-0.2, 0) is 20.6 Å². The number of carbonyl (C=O) groups is 2. The molecule has 9 heteroatoms. The zero-order valence-electron chi connectivity index (χ0n) is 18.2. The molecule has 0 atom stereocenters. The number of nitrogens with one attached hydrogen (secondary N) is 2. The summed E-state index contributed by atoms with van der Waals surface area (Å²) in [4.78, 5) is 25.2. The van der Waals surface area contributed by atoms with E-state index >= 15 is 0 Å². The molecule has 2 N–H and O–H groups in total. The predicted octanol–water partition coefficient (Wildman–Crippen LogP) is 3.77. The zero-order valence-corrected chi connectivity index (χ0v) is 20.6. The molecular formula is C23H28BrN3O4S. The largest absolute Gasteiger partial charge is 0.350 e. The number of piperidine rings is 1. The maximum atomic E-state index is 12.8. The van der Waals surface area contributed by atoms with Crippen molar-refractivity contribution in [1.82, 2.24) is 9.62 Å². The zero-order chi connectivity index (χ0) is 23.3. The molecule has 2 amide bonds. The Balaban J connectivity index is 1.59. The van der Waals surface area contributed by atoms with E-state index in [-0.39, 0.29) is 29.5 Å². The van der Waals surface area contributed by atoms with E-state index in [9.17, 15) is 18.0 Å². The van der Waals surface area contributed by atoms with Gasteiger partial charge in [-0.1, -0.05) is 40.2 Å². The van der Waals surface area contributed by atoms with Gasteiger partial charge in [0.25, 0.3) is 5.91 Å². The third-order valence-electron chi connectivity index (χ3n) is 5.33. The summed E-state index contributed by atoms with van der Waals surface area (Å²) in [5, 5.41) is 5.69. The number of hydrogen-bond acceptors (Lipinski definition) is 4. The normalized spacial score (nSPS) is 15.5. The van der Waals surface area contributed by atoms with Crippen molar-refractivity contribution in [2.24, 2.45) is 5.92 Å². The number of hydrogen-bond donors (Lipinski definition) is 2. The Morgan fingerprint density at radius 1 is 1.06 bits per heavy atom. The molecule has 0 radical (unpaired) electrons. The van der Waals surface area contributed by atoms with Gasteiger partial charge in [-0.2, -0.15) is 0 Å². The van der Waals surface area contributed by atoms with Crippen LogP contribution in [0.2, 0.25) is 0 Å². The maximum Gasteiger partial charge on any atom is 0.253 e. The lowest BCUT2D eigenvalue weighted by Crippen LogP contribution is -2.42. The fraction of sp³-hybridized carbons (Fsp3) is 0.391. The molecule has 0 aromatic heterocycles. The van der Waals surface area contributed by atoms with Gasteiger partial charge in [-0.3, -0.25) is 9.59 Å². The molecule has 2 aromatic rings. The summed E-state index contributed by atoms with van der Waals surface area (Å²) in [5.74, 6) is -0.810. The first-order valence-electron chi connectivity index (χ1n) is 10.6. The summed E-state index contributed by atoms with van der Waals surface area (Å²) in [6.07, 6.45) is 0.873. The van der Waals surface area contributed by atoms with Crippen molar-refractivity contribution in [3.8, 4) is 0 Å². The second-order valence-corrected chi connectivity index (χ2v) is 11.1. The van der Waals surface area contributed by atoms with E-state index in [1.165, 1.54) is 4.31 Å². The number of amides is 2. The van der Waals surface area contributed by atoms with E-state index in [4.69, 9.17) is 0 Å². The lowest BCUT2D eigenvalue weighted by Gasteiger charge is -2.30. The van der Waals surface area contributed by atoms with Crippen LogP contribution in [0.4, 0.5) is 5.69 Å². The van der Waals surface area contributed by atoms with Crippen molar-refractivity contribution < 1.29 is 18.0 Å². The first-order valence-corrected chi connectivity index (χ1v) is 13.0. The van der Waals surface area contributed by atoms with Gasteiger partial charge in [0.05, 0.1) is 17.0 Å². The van der Waals surface area contributed by atoms with Gasteiger partial charge >= 0.3 is 0 Å². The molecule has 0 spiro atoms. The second kappa shape index (κ2) is 10.6. The molecule has 0 unspecified atom stereocenters. The van der Waals surface area contributed by atoms with Crippen LogP contribution in [0.3, 0.4) is 0 Å². The van der Waals surface area contributed by atoms with Crippen molar-refractivity contribution in [1.29, 1.82) is 0 Å². The average Bonchev–Trinajstić information content (AvgIpc) is 2.75. The summed E-state index contributed by atoms with van der Waals surface area (Å²) >= 11 is 3.35. The van der Waals surface area contributed by atoms with Crippen LogP contribution in [0, 0.1) is 5.92 Å². The highest BCUT2D eigenvalue weighted by Gasteiger charge is 2.31. The van der Waals surface area contributed by atoms with E-state index in [1.807, 2.05) is 26.0 Å². The molecular weight excluding hydrogens is 494 g/mol. The standard InChI is InChI=1S/C23H28BrN3O4S/c1-16(2)25-23(29)20-5-3-4-6-21(20)26-22(28)18-11-13-27(14-12-18)32(30,31)15-17-7-9-19(24)10-8-17/h3-10,16,18H,11-15H2,1-2H3,(H,25,29)(H,26,28). The SMILES string of the molecule is CC(C)NC(=O)c1ccccc1NC(=O)C1CCN(S(=O)(=O)Cc2ccc(Br)cc2)CC1. The topological polar surface area (TPSA) is 95.6 Å². The highest BCUT2D eigenvalue weighted by atomic mass is 79.9. The Kier molecular flexibility index (Phi) is 8.08. The first kappa shape index (κ1) is 24.4. The summed E-state index contributed by atoms with van der Waals surface area (Å²) in [7, 11) is -3.45. The van der Waals surface area contributed by atoms with Crippen LogP contribution in [0.15, 0.2) is 53.0 Å². The van der Waals surface area contributed by atoms with Gasteiger partial charge in [-0.15, -0.1) is 0 Å². The van der Waals surface area contributed by atoms with Crippen LogP contribution in [0.25, 0.3) is 0 Å². The minimum absolute atomic E-state index is 0.0186. The number of anilines is 1. The quantitative estimate of drug-likeness (QED) is 0.579. The van der Waals surface area contributed by atoms with E-state index < -0.39 is 10.0 Å². The van der Waals surface area contributed by atoms with E-state index in [0.29, 0.717) is 37.2 Å². The molecule has 32 heavy (non-hydrogen) atoms. The van der Waals surface area contributed by atoms with Gasteiger partial charge in [0.1, 0.15) is 0 Å². The number of benzene rings is 2. The number of carbonyl (C=O) groups excluding carboxylic acids is 2. The van der Waals surface area contributed by atoms with Gasteiger partial charge in [-0.05, 0) is 56.5 Å². The van der Waals surface area contributed by atoms with Gasteiger partial charge < -0.3 is 10.6 Å². The van der Waals surface area contributed by atoms with E-state index in [0.717, 1.165) is 10.0 Å². The molecule has 172 valence electrons. The Labute approximate surface area is 197 Å². The monoisotopic (exact) mass is 521 g/mol. The third kappa shape index (κ3) is 6.40. The Bertz CT molecular complexity index is 1060. The maximum absolute atomic E-state index is 12.8. The van der Waals surface area contributed by atoms with E-state index in [1.54, 1.807) is 36.4 Å². The van der Waals surface area contributed by atoms with Crippen molar-refractivity contribution in [2.45, 2.75) is 38.5 Å². The van der Waals surface area contributed by atoms with Crippen molar-refractivity contribution in [3.05, 3.63) is 64.1 Å². The average molecular weight is 522 g/mol. The van der Waals surface area contributed by atoms with Crippen LogP contribution in [0.5, 0.6) is 0 Å². The summed E-state index contributed by atoms with van der Waals surface area (Å²) < 4.78 is 27.9. The van der Waals surface area contributed by atoms with E-state index in [2.05, 4.69) is 26.6 Å². The molecule has 0 bridgehead atoms. The van der Waals surface area contributed by atoms with Gasteiger partial charge in [0.15, 0.2) is 0 Å². The molecule has 3 rings (SSSR count). The van der Waals surface area contributed by atoms with Gasteiger partial charge in [0, 0.05) is 29.5 Å². The van der Waals surface area contributed by atoms with Crippen molar-refractivity contribution >= 4 is 43.5 Å². The molecule has 1 fully saturated rings. The number of nitrogens with zero attached hydrogens (tertiary/aromatic N) is 1. The number of halogens is 1. The predicted molar refractivity (Wildman–Crippen MR) is 129 cm³/mol. The molecule has 7 nitrogen and oxygen atoms in total. The van der Waals surface area contributed by atoms with Gasteiger partial charge in [-0.25, -0.2) is 12.7 Å². The second-order valence-electron chi connectivity index (χ2n) is 8.22. The Morgan fingerprint density at radius 3 is 2.31 bits per heavy atom. The molecule has 1 aliphatic heterocycles. The third-order valence-corrected chi connectivity index (χ3v) is 7.71. The summed E-state index contributed by atoms with van der Waals surface area (Å²) in [5.41, 5.74) is 1.59. The number of para-hydroxylation sites is 1. The first-order chi connectivity index (χ1) is 15.2. The molecule has 2 aromatic carbocycles. The fourth-order valence-electron chi connectivity index (χ4n) is 3.64. The van der Waals surface area contributed by atoms with Crippen LogP contribution >= 0.6 is 15.9 Å². The fourth-order valence-corrected chi connectivity index (χ4v) is 5.47. The molecule has 0 aliphatic carbocycles. The Hall–Kier alpha value is -2.23. The molecule has 1 aliphatic rings. The highest BCUT2D eigenvalue weighted by molar-refractivity contribution is 9.10. The van der Waals surface area contributed by atoms with Gasteiger partial charge in [0.2, 0.25) is 15.9 Å². The van der Waals surface area contributed by atoms with Crippen molar-refractivity contribution in [2.75, 3.05) is 18.4 Å². The number of sulfonamides is 1. The molecule has 0 saturated carbocycles. The molecule has 1 saturated heterocycles. The smallest absolute Gasteiger partial charge is 0.253 e. The Morgan fingerprint density at radius 2 is 1.69 bits per heavy atom. The lowest BCUT2D eigenvalue weighted by molar-refractivity contribution is -0.120.